The Labute approximate surface area is 120 Å². The average molecular weight is 277 g/mol. The zero-order chi connectivity index (χ0) is 14.9. The standard InChI is InChI=1S/C15H23N3O2/c1-17(2)15(7-4-8-15)10-18(3)13-9-11(16)5-6-12(13)14(19)20/h5-6,9H,4,7-8,10,16H2,1-3H3,(H,19,20). The Morgan fingerprint density at radius 3 is 2.45 bits per heavy atom. The topological polar surface area (TPSA) is 69.8 Å². The molecular weight excluding hydrogens is 254 g/mol. The van der Waals surface area contributed by atoms with E-state index in [1.807, 2.05) is 11.9 Å². The van der Waals surface area contributed by atoms with Gasteiger partial charge in [0.2, 0.25) is 0 Å². The first-order valence-corrected chi connectivity index (χ1v) is 6.87. The van der Waals surface area contributed by atoms with Gasteiger partial charge in [0.15, 0.2) is 0 Å². The van der Waals surface area contributed by atoms with Crippen LogP contribution in [0.15, 0.2) is 18.2 Å². The lowest BCUT2D eigenvalue weighted by Crippen LogP contribution is -2.56. The van der Waals surface area contributed by atoms with Gasteiger partial charge >= 0.3 is 5.97 Å². The predicted molar refractivity (Wildman–Crippen MR) is 81.4 cm³/mol. The first-order chi connectivity index (χ1) is 9.35. The molecule has 0 saturated heterocycles. The monoisotopic (exact) mass is 277 g/mol. The van der Waals surface area contributed by atoms with Gasteiger partial charge < -0.3 is 20.6 Å². The molecule has 0 aromatic heterocycles. The maximum Gasteiger partial charge on any atom is 0.337 e. The molecule has 0 heterocycles. The minimum Gasteiger partial charge on any atom is -0.478 e. The van der Waals surface area contributed by atoms with E-state index in [2.05, 4.69) is 19.0 Å². The van der Waals surface area contributed by atoms with Gasteiger partial charge in [-0.1, -0.05) is 0 Å². The van der Waals surface area contributed by atoms with Crippen LogP contribution in [-0.4, -0.2) is 49.2 Å². The molecule has 0 unspecified atom stereocenters. The number of nitrogens with two attached hydrogens (primary N) is 1. The van der Waals surface area contributed by atoms with Crippen molar-refractivity contribution in [3.8, 4) is 0 Å². The molecule has 1 aromatic rings. The normalized spacial score (nSPS) is 16.8. The van der Waals surface area contributed by atoms with Crippen LogP contribution in [0.4, 0.5) is 11.4 Å². The Hall–Kier alpha value is -1.75. The molecule has 1 aliphatic carbocycles. The molecule has 3 N–H and O–H groups in total. The number of carboxylic acid groups (broad SMARTS) is 1. The van der Waals surface area contributed by atoms with Crippen LogP contribution in [0.3, 0.4) is 0 Å². The lowest BCUT2D eigenvalue weighted by Gasteiger charge is -2.49. The van der Waals surface area contributed by atoms with Crippen LogP contribution < -0.4 is 10.6 Å². The second-order valence-electron chi connectivity index (χ2n) is 5.91. The van der Waals surface area contributed by atoms with Crippen LogP contribution >= 0.6 is 0 Å². The van der Waals surface area contributed by atoms with Gasteiger partial charge in [0.25, 0.3) is 0 Å². The van der Waals surface area contributed by atoms with Gasteiger partial charge in [-0.3, -0.25) is 0 Å². The summed E-state index contributed by atoms with van der Waals surface area (Å²) in [7, 11) is 6.11. The zero-order valence-electron chi connectivity index (χ0n) is 12.4. The summed E-state index contributed by atoms with van der Waals surface area (Å²) in [5.74, 6) is -0.917. The summed E-state index contributed by atoms with van der Waals surface area (Å²) < 4.78 is 0. The third-order valence-corrected chi connectivity index (χ3v) is 4.43. The molecule has 5 nitrogen and oxygen atoms in total. The number of carbonyl (C=O) groups is 1. The summed E-state index contributed by atoms with van der Waals surface area (Å²) in [6, 6.07) is 4.95. The van der Waals surface area contributed by atoms with E-state index in [4.69, 9.17) is 5.73 Å². The molecule has 20 heavy (non-hydrogen) atoms. The van der Waals surface area contributed by atoms with Crippen molar-refractivity contribution < 1.29 is 9.90 Å². The van der Waals surface area contributed by atoms with E-state index in [1.54, 1.807) is 18.2 Å². The molecule has 0 bridgehead atoms. The minimum atomic E-state index is -0.917. The van der Waals surface area contributed by atoms with Crippen molar-refractivity contribution in [3.05, 3.63) is 23.8 Å². The molecule has 110 valence electrons. The molecule has 1 aromatic carbocycles. The Balaban J connectivity index is 2.27. The fraction of sp³-hybridized carbons (Fsp3) is 0.533. The lowest BCUT2D eigenvalue weighted by atomic mass is 9.75. The Kier molecular flexibility index (Phi) is 3.90. The van der Waals surface area contributed by atoms with Crippen LogP contribution in [0.1, 0.15) is 29.6 Å². The quantitative estimate of drug-likeness (QED) is 0.804. The maximum absolute atomic E-state index is 11.3. The van der Waals surface area contributed by atoms with Gasteiger partial charge in [-0.25, -0.2) is 4.79 Å². The van der Waals surface area contributed by atoms with Gasteiger partial charge in [0, 0.05) is 24.8 Å². The molecule has 0 atom stereocenters. The number of hydrogen-bond acceptors (Lipinski definition) is 4. The number of nitrogens with zero attached hydrogens (tertiary/aromatic N) is 2. The largest absolute Gasteiger partial charge is 0.478 e. The molecule has 1 aliphatic rings. The van der Waals surface area contributed by atoms with Crippen LogP contribution in [0.2, 0.25) is 0 Å². The van der Waals surface area contributed by atoms with Gasteiger partial charge in [0.1, 0.15) is 0 Å². The number of carboxylic acids is 1. The molecule has 1 saturated carbocycles. The highest BCUT2D eigenvalue weighted by Gasteiger charge is 2.40. The van der Waals surface area contributed by atoms with Gasteiger partial charge in [-0.15, -0.1) is 0 Å². The summed E-state index contributed by atoms with van der Waals surface area (Å²) in [6.07, 6.45) is 3.53. The van der Waals surface area contributed by atoms with Gasteiger partial charge in [0.05, 0.1) is 11.3 Å². The number of rotatable bonds is 5. The van der Waals surface area contributed by atoms with Crippen molar-refractivity contribution in [2.75, 3.05) is 38.3 Å². The summed E-state index contributed by atoms with van der Waals surface area (Å²) in [5, 5.41) is 9.31. The van der Waals surface area contributed by atoms with Gasteiger partial charge in [-0.2, -0.15) is 0 Å². The fourth-order valence-corrected chi connectivity index (χ4v) is 2.90. The first kappa shape index (κ1) is 14.7. The number of benzene rings is 1. The number of anilines is 2. The number of likely N-dealkylation sites (N-methyl/N-ethyl adjacent to an activating group) is 2. The lowest BCUT2D eigenvalue weighted by molar-refractivity contribution is 0.0671. The molecule has 0 spiro atoms. The van der Waals surface area contributed by atoms with E-state index >= 15 is 0 Å². The van der Waals surface area contributed by atoms with Crippen molar-refractivity contribution in [1.29, 1.82) is 0 Å². The molecule has 0 amide bonds. The van der Waals surface area contributed by atoms with Crippen molar-refractivity contribution >= 4 is 17.3 Å². The smallest absolute Gasteiger partial charge is 0.337 e. The summed E-state index contributed by atoms with van der Waals surface area (Å²) >= 11 is 0. The third kappa shape index (κ3) is 2.58. The van der Waals surface area contributed by atoms with E-state index in [9.17, 15) is 9.90 Å². The second kappa shape index (κ2) is 5.32. The molecule has 5 heteroatoms. The Bertz CT molecular complexity index is 510. The second-order valence-corrected chi connectivity index (χ2v) is 5.91. The highest BCUT2D eigenvalue weighted by Crippen LogP contribution is 2.38. The highest BCUT2D eigenvalue weighted by molar-refractivity contribution is 5.95. The molecular formula is C15H23N3O2. The van der Waals surface area contributed by atoms with Crippen LogP contribution in [-0.2, 0) is 0 Å². The zero-order valence-corrected chi connectivity index (χ0v) is 12.4. The fourth-order valence-electron chi connectivity index (χ4n) is 2.90. The van der Waals surface area contributed by atoms with Crippen LogP contribution in [0.25, 0.3) is 0 Å². The SMILES string of the molecule is CN(CC1(N(C)C)CCC1)c1cc(N)ccc1C(=O)O. The number of aromatic carboxylic acids is 1. The van der Waals surface area contributed by atoms with E-state index in [0.29, 0.717) is 16.9 Å². The van der Waals surface area contributed by atoms with E-state index in [1.165, 1.54) is 6.42 Å². The van der Waals surface area contributed by atoms with Gasteiger partial charge in [-0.05, 0) is 51.6 Å². The first-order valence-electron chi connectivity index (χ1n) is 6.87. The molecule has 2 rings (SSSR count). The van der Waals surface area contributed by atoms with E-state index in [0.717, 1.165) is 19.4 Å². The van der Waals surface area contributed by atoms with Crippen molar-refractivity contribution in [3.63, 3.8) is 0 Å². The van der Waals surface area contributed by atoms with Crippen molar-refractivity contribution in [2.24, 2.45) is 0 Å². The number of nitrogen functional groups attached to an aromatic ring is 1. The minimum absolute atomic E-state index is 0.148. The van der Waals surface area contributed by atoms with E-state index in [-0.39, 0.29) is 5.54 Å². The van der Waals surface area contributed by atoms with Crippen molar-refractivity contribution in [2.45, 2.75) is 24.8 Å². The van der Waals surface area contributed by atoms with Crippen molar-refractivity contribution in [1.82, 2.24) is 4.90 Å². The highest BCUT2D eigenvalue weighted by atomic mass is 16.4. The molecule has 0 radical (unpaired) electrons. The summed E-state index contributed by atoms with van der Waals surface area (Å²) in [6.45, 7) is 0.809. The van der Waals surface area contributed by atoms with Crippen LogP contribution in [0.5, 0.6) is 0 Å². The van der Waals surface area contributed by atoms with E-state index < -0.39 is 5.97 Å². The average Bonchev–Trinajstić information content (AvgIpc) is 2.32. The predicted octanol–water partition coefficient (Wildman–Crippen LogP) is 1.89. The Morgan fingerprint density at radius 2 is 2.00 bits per heavy atom. The summed E-state index contributed by atoms with van der Waals surface area (Å²) in [5.41, 5.74) is 7.53. The van der Waals surface area contributed by atoms with Crippen LogP contribution in [0, 0.1) is 0 Å². The Morgan fingerprint density at radius 1 is 1.35 bits per heavy atom. The number of hydrogen-bond donors (Lipinski definition) is 2. The third-order valence-electron chi connectivity index (χ3n) is 4.43. The maximum atomic E-state index is 11.3. The molecule has 1 fully saturated rings. The molecule has 0 aliphatic heterocycles. The summed E-state index contributed by atoms with van der Waals surface area (Å²) in [4.78, 5) is 15.6.